The second-order valence-electron chi connectivity index (χ2n) is 8.61. The topological polar surface area (TPSA) is 49.4 Å². The fourth-order valence-corrected chi connectivity index (χ4v) is 4.21. The largest absolute Gasteiger partial charge is 0.350 e. The predicted octanol–water partition coefficient (Wildman–Crippen LogP) is 5.93. The number of carbonyl (C=O) groups excluding carboxylic acids is 2. The third-order valence-corrected chi connectivity index (χ3v) is 6.42. The Bertz CT molecular complexity index is 1300. The average Bonchev–Trinajstić information content (AvgIpc) is 2.98. The lowest BCUT2D eigenvalue weighted by Crippen LogP contribution is -2.33. The number of anilines is 2. The molecule has 0 aliphatic carbocycles. The molecule has 0 aromatic heterocycles. The van der Waals surface area contributed by atoms with Crippen molar-refractivity contribution in [2.45, 2.75) is 41.5 Å². The monoisotopic (exact) mass is 424 g/mol. The van der Waals surface area contributed by atoms with Gasteiger partial charge in [0.2, 0.25) is 0 Å². The minimum absolute atomic E-state index is 0.302. The van der Waals surface area contributed by atoms with Crippen LogP contribution in [0.2, 0.25) is 0 Å². The summed E-state index contributed by atoms with van der Waals surface area (Å²) in [4.78, 5) is 28.8. The minimum atomic E-state index is -0.334. The van der Waals surface area contributed by atoms with Crippen LogP contribution in [0.5, 0.6) is 0 Å². The van der Waals surface area contributed by atoms with Gasteiger partial charge in [-0.15, -0.1) is 0 Å². The van der Waals surface area contributed by atoms with Crippen molar-refractivity contribution in [2.75, 3.05) is 10.2 Å². The molecule has 0 saturated heterocycles. The zero-order valence-electron chi connectivity index (χ0n) is 19.5. The Hall–Kier alpha value is -3.66. The highest BCUT2D eigenvalue weighted by Crippen LogP contribution is 2.37. The number of hydrogen-bond acceptors (Lipinski definition) is 3. The zero-order chi connectivity index (χ0) is 23.2. The molecule has 0 atom stereocenters. The predicted molar refractivity (Wildman–Crippen MR) is 131 cm³/mol. The van der Waals surface area contributed by atoms with E-state index in [4.69, 9.17) is 0 Å². The Morgan fingerprint density at radius 3 is 2.03 bits per heavy atom. The first-order valence-corrected chi connectivity index (χ1v) is 10.8. The maximum Gasteiger partial charge on any atom is 0.282 e. The number of hydrogen-bond donors (Lipinski definition) is 1. The van der Waals surface area contributed by atoms with E-state index in [0.29, 0.717) is 17.0 Å². The lowest BCUT2D eigenvalue weighted by molar-refractivity contribution is -0.120. The van der Waals surface area contributed by atoms with Crippen LogP contribution in [0.4, 0.5) is 11.4 Å². The van der Waals surface area contributed by atoms with Gasteiger partial charge in [-0.25, -0.2) is 4.90 Å². The van der Waals surface area contributed by atoms with Gasteiger partial charge in [-0.2, -0.15) is 0 Å². The fourth-order valence-electron chi connectivity index (χ4n) is 4.21. The molecule has 3 aromatic rings. The molecule has 1 aliphatic heterocycles. The summed E-state index contributed by atoms with van der Waals surface area (Å²) in [7, 11) is 0. The molecule has 1 N–H and O–H groups in total. The van der Waals surface area contributed by atoms with Gasteiger partial charge in [-0.3, -0.25) is 9.59 Å². The van der Waals surface area contributed by atoms with E-state index in [9.17, 15) is 9.59 Å². The third kappa shape index (κ3) is 3.52. The average molecular weight is 425 g/mol. The molecule has 0 spiro atoms. The molecule has 1 heterocycles. The van der Waals surface area contributed by atoms with Crippen molar-refractivity contribution < 1.29 is 9.59 Å². The van der Waals surface area contributed by atoms with E-state index in [1.807, 2.05) is 96.1 Å². The van der Waals surface area contributed by atoms with Crippen molar-refractivity contribution in [3.05, 3.63) is 99.2 Å². The third-order valence-electron chi connectivity index (χ3n) is 6.42. The number of carbonyl (C=O) groups is 2. The van der Waals surface area contributed by atoms with Gasteiger partial charge in [0.25, 0.3) is 11.8 Å². The van der Waals surface area contributed by atoms with Crippen molar-refractivity contribution in [1.82, 2.24) is 0 Å². The summed E-state index contributed by atoms with van der Waals surface area (Å²) >= 11 is 0. The van der Waals surface area contributed by atoms with Crippen molar-refractivity contribution in [3.63, 3.8) is 0 Å². The Morgan fingerprint density at radius 1 is 0.688 bits per heavy atom. The first kappa shape index (κ1) is 21.6. The highest BCUT2D eigenvalue weighted by atomic mass is 16.2. The van der Waals surface area contributed by atoms with Crippen molar-refractivity contribution in [3.8, 4) is 0 Å². The van der Waals surface area contributed by atoms with Gasteiger partial charge in [0.05, 0.1) is 11.3 Å². The van der Waals surface area contributed by atoms with Gasteiger partial charge in [0.15, 0.2) is 0 Å². The van der Waals surface area contributed by atoms with E-state index >= 15 is 0 Å². The number of benzene rings is 3. The molecule has 2 amide bonds. The smallest absolute Gasteiger partial charge is 0.282 e. The molecule has 0 radical (unpaired) electrons. The lowest BCUT2D eigenvalue weighted by Gasteiger charge is -2.19. The zero-order valence-corrected chi connectivity index (χ0v) is 19.5. The summed E-state index contributed by atoms with van der Waals surface area (Å²) in [5, 5.41) is 3.32. The fraction of sp³-hybridized carbons (Fsp3) is 0.214. The molecule has 32 heavy (non-hydrogen) atoms. The molecule has 0 bridgehead atoms. The summed E-state index contributed by atoms with van der Waals surface area (Å²) in [6.45, 7) is 12.0. The first-order chi connectivity index (χ1) is 15.2. The van der Waals surface area contributed by atoms with Crippen LogP contribution < -0.4 is 10.2 Å². The van der Waals surface area contributed by atoms with Gasteiger partial charge in [-0.05, 0) is 87.1 Å². The van der Waals surface area contributed by atoms with E-state index in [1.165, 1.54) is 4.90 Å². The SMILES string of the molecule is Cc1ccc(C2=C(Nc3cccc(C)c3C)C(=O)N(c3cccc(C)c3C)C2=O)c(C)c1. The van der Waals surface area contributed by atoms with Crippen molar-refractivity contribution in [2.24, 2.45) is 0 Å². The molecular weight excluding hydrogens is 396 g/mol. The van der Waals surface area contributed by atoms with Crippen LogP contribution in [-0.2, 0) is 9.59 Å². The summed E-state index contributed by atoms with van der Waals surface area (Å²) < 4.78 is 0. The molecule has 0 fully saturated rings. The molecule has 0 saturated carbocycles. The van der Waals surface area contributed by atoms with E-state index in [2.05, 4.69) is 5.32 Å². The van der Waals surface area contributed by atoms with Gasteiger partial charge in [0, 0.05) is 5.69 Å². The maximum atomic E-state index is 13.8. The molecule has 4 heteroatoms. The van der Waals surface area contributed by atoms with Gasteiger partial charge < -0.3 is 5.32 Å². The van der Waals surface area contributed by atoms with Crippen LogP contribution in [0.25, 0.3) is 5.57 Å². The van der Waals surface area contributed by atoms with Gasteiger partial charge >= 0.3 is 0 Å². The van der Waals surface area contributed by atoms with Gasteiger partial charge in [-0.1, -0.05) is 48.0 Å². The van der Waals surface area contributed by atoms with Crippen LogP contribution in [-0.4, -0.2) is 11.8 Å². The Morgan fingerprint density at radius 2 is 1.34 bits per heavy atom. The highest BCUT2D eigenvalue weighted by Gasteiger charge is 2.41. The number of amides is 2. The minimum Gasteiger partial charge on any atom is -0.350 e. The van der Waals surface area contributed by atoms with Crippen LogP contribution in [0.15, 0.2) is 60.3 Å². The highest BCUT2D eigenvalue weighted by molar-refractivity contribution is 6.46. The number of imide groups is 1. The Kier molecular flexibility index (Phi) is 5.47. The molecule has 162 valence electrons. The molecule has 0 unspecified atom stereocenters. The maximum absolute atomic E-state index is 13.8. The number of nitrogens with one attached hydrogen (secondary N) is 1. The van der Waals surface area contributed by atoms with Crippen LogP contribution in [0.1, 0.15) is 38.9 Å². The van der Waals surface area contributed by atoms with Crippen molar-refractivity contribution in [1.29, 1.82) is 0 Å². The summed E-state index contributed by atoms with van der Waals surface area (Å²) in [5.41, 5.74) is 9.14. The quantitative estimate of drug-likeness (QED) is 0.528. The number of aryl methyl sites for hydroxylation is 4. The van der Waals surface area contributed by atoms with Crippen LogP contribution >= 0.6 is 0 Å². The van der Waals surface area contributed by atoms with E-state index in [-0.39, 0.29) is 11.8 Å². The summed E-state index contributed by atoms with van der Waals surface area (Å²) in [6, 6.07) is 17.6. The number of rotatable bonds is 4. The summed E-state index contributed by atoms with van der Waals surface area (Å²) in [5.74, 6) is -0.636. The van der Waals surface area contributed by atoms with E-state index in [0.717, 1.165) is 44.6 Å². The standard InChI is InChI=1S/C28H28N2O2/c1-16-13-14-22(19(4)15-16)25-26(29-23-11-7-9-17(2)20(23)5)28(32)30(27(25)31)24-12-8-10-18(3)21(24)6/h7-15,29H,1-6H3. The van der Waals surface area contributed by atoms with Crippen LogP contribution in [0, 0.1) is 41.5 Å². The molecule has 4 rings (SSSR count). The lowest BCUT2D eigenvalue weighted by atomic mass is 9.97. The Labute approximate surface area is 189 Å². The van der Waals surface area contributed by atoms with E-state index < -0.39 is 0 Å². The molecule has 4 nitrogen and oxygen atoms in total. The normalized spacial score (nSPS) is 13.9. The van der Waals surface area contributed by atoms with Crippen LogP contribution in [0.3, 0.4) is 0 Å². The van der Waals surface area contributed by atoms with E-state index in [1.54, 1.807) is 0 Å². The first-order valence-electron chi connectivity index (χ1n) is 10.8. The van der Waals surface area contributed by atoms with Gasteiger partial charge in [0.1, 0.15) is 5.70 Å². The number of nitrogens with zero attached hydrogens (tertiary/aromatic N) is 1. The molecular formula is C28H28N2O2. The Balaban J connectivity index is 1.92. The summed E-state index contributed by atoms with van der Waals surface area (Å²) in [6.07, 6.45) is 0. The van der Waals surface area contributed by atoms with Crippen molar-refractivity contribution >= 4 is 28.8 Å². The second kappa shape index (κ2) is 8.12. The molecule has 3 aromatic carbocycles. The second-order valence-corrected chi connectivity index (χ2v) is 8.61. The molecule has 1 aliphatic rings.